The van der Waals surface area contributed by atoms with Gasteiger partial charge in [-0.1, -0.05) is 0 Å². The van der Waals surface area contributed by atoms with Gasteiger partial charge < -0.3 is 14.6 Å². The van der Waals surface area contributed by atoms with E-state index in [0.29, 0.717) is 41.1 Å². The Labute approximate surface area is 174 Å². The zero-order valence-electron chi connectivity index (χ0n) is 17.0. The van der Waals surface area contributed by atoms with Crippen LogP contribution in [-0.2, 0) is 4.79 Å². The Morgan fingerprint density at radius 3 is 2.70 bits per heavy atom. The van der Waals surface area contributed by atoms with Crippen molar-refractivity contribution in [2.45, 2.75) is 32.2 Å². The quantitative estimate of drug-likeness (QED) is 0.691. The summed E-state index contributed by atoms with van der Waals surface area (Å²) < 4.78 is 19.0. The molecular weight excluding hydrogens is 385 g/mol. The van der Waals surface area contributed by atoms with Crippen LogP contribution in [0.1, 0.15) is 36.5 Å². The minimum absolute atomic E-state index is 0.0310. The Balaban J connectivity index is 1.45. The van der Waals surface area contributed by atoms with Crippen molar-refractivity contribution < 1.29 is 18.4 Å². The van der Waals surface area contributed by atoms with E-state index in [4.69, 9.17) is 4.42 Å². The molecule has 0 radical (unpaired) electrons. The number of oxazole rings is 1. The maximum absolute atomic E-state index is 13.4. The van der Waals surface area contributed by atoms with Crippen molar-refractivity contribution in [2.24, 2.45) is 5.92 Å². The highest BCUT2D eigenvalue weighted by atomic mass is 19.1. The third-order valence-electron chi connectivity index (χ3n) is 5.72. The maximum Gasteiger partial charge on any atom is 0.253 e. The van der Waals surface area contributed by atoms with Crippen molar-refractivity contribution in [3.63, 3.8) is 0 Å². The summed E-state index contributed by atoms with van der Waals surface area (Å²) in [6.45, 7) is 2.53. The van der Waals surface area contributed by atoms with Crippen LogP contribution in [0.5, 0.6) is 0 Å². The monoisotopic (exact) mass is 409 g/mol. The second-order valence-electron chi connectivity index (χ2n) is 7.68. The maximum atomic E-state index is 13.4. The molecule has 1 aromatic heterocycles. The summed E-state index contributed by atoms with van der Waals surface area (Å²) in [6.07, 6.45) is 2.30. The van der Waals surface area contributed by atoms with Crippen LogP contribution < -0.4 is 5.32 Å². The molecule has 1 saturated carbocycles. The number of aromatic nitrogens is 1. The Bertz CT molecular complexity index is 1080. The molecule has 1 fully saturated rings. The molecule has 4 rings (SSSR count). The van der Waals surface area contributed by atoms with E-state index >= 15 is 0 Å². The van der Waals surface area contributed by atoms with E-state index in [1.807, 2.05) is 6.92 Å². The third-order valence-corrected chi connectivity index (χ3v) is 5.72. The molecule has 1 aliphatic carbocycles. The van der Waals surface area contributed by atoms with E-state index in [9.17, 15) is 14.0 Å². The first kappa shape index (κ1) is 20.1. The highest BCUT2D eigenvalue weighted by molar-refractivity contribution is 5.94. The number of amides is 2. The molecule has 0 spiro atoms. The largest absolute Gasteiger partial charge is 0.436 e. The number of halogens is 1. The van der Waals surface area contributed by atoms with Crippen LogP contribution in [0.25, 0.3) is 22.6 Å². The van der Waals surface area contributed by atoms with Gasteiger partial charge in [0.1, 0.15) is 11.3 Å². The molecule has 1 N–H and O–H groups in total. The summed E-state index contributed by atoms with van der Waals surface area (Å²) in [5.74, 6) is -0.0288. The van der Waals surface area contributed by atoms with Gasteiger partial charge in [-0.3, -0.25) is 9.59 Å². The molecule has 7 heteroatoms. The van der Waals surface area contributed by atoms with Crippen molar-refractivity contribution in [3.8, 4) is 11.5 Å². The fraction of sp³-hybridized carbons (Fsp3) is 0.348. The SMILES string of the molecule is CCNC(=O)[C@@H]1CC[C@@H](N(C)C(=O)c2ccc(-c3nc4cc(F)ccc4o3)cc2)C1. The number of fused-ring (bicyclic) bond motifs is 1. The lowest BCUT2D eigenvalue weighted by atomic mass is 10.1. The fourth-order valence-electron chi connectivity index (χ4n) is 4.02. The van der Waals surface area contributed by atoms with Gasteiger partial charge in [-0.25, -0.2) is 9.37 Å². The van der Waals surface area contributed by atoms with Gasteiger partial charge >= 0.3 is 0 Å². The van der Waals surface area contributed by atoms with Gasteiger partial charge in [-0.05, 0) is 62.6 Å². The Morgan fingerprint density at radius 1 is 1.20 bits per heavy atom. The predicted molar refractivity (Wildman–Crippen MR) is 111 cm³/mol. The molecule has 1 heterocycles. The van der Waals surface area contributed by atoms with Gasteiger partial charge in [0.05, 0.1) is 0 Å². The number of nitrogens with zero attached hydrogens (tertiary/aromatic N) is 2. The van der Waals surface area contributed by atoms with E-state index in [-0.39, 0.29) is 29.6 Å². The van der Waals surface area contributed by atoms with Gasteiger partial charge in [-0.15, -0.1) is 0 Å². The van der Waals surface area contributed by atoms with Crippen molar-refractivity contribution in [2.75, 3.05) is 13.6 Å². The van der Waals surface area contributed by atoms with Crippen molar-refractivity contribution >= 4 is 22.9 Å². The molecule has 2 aromatic carbocycles. The van der Waals surface area contributed by atoms with Crippen molar-refractivity contribution in [1.82, 2.24) is 15.2 Å². The molecule has 156 valence electrons. The molecule has 3 aromatic rings. The van der Waals surface area contributed by atoms with Crippen LogP contribution in [0.4, 0.5) is 4.39 Å². The molecule has 0 unspecified atom stereocenters. The number of carbonyl (C=O) groups excluding carboxylic acids is 2. The summed E-state index contributed by atoms with van der Waals surface area (Å²) in [7, 11) is 1.79. The van der Waals surface area contributed by atoms with Gasteiger partial charge in [0.2, 0.25) is 11.8 Å². The topological polar surface area (TPSA) is 75.4 Å². The number of hydrogen-bond acceptors (Lipinski definition) is 4. The first-order valence-corrected chi connectivity index (χ1v) is 10.2. The Kier molecular flexibility index (Phi) is 5.53. The summed E-state index contributed by atoms with van der Waals surface area (Å²) >= 11 is 0. The van der Waals surface area contributed by atoms with E-state index in [1.54, 1.807) is 42.3 Å². The van der Waals surface area contributed by atoms with Crippen LogP contribution in [0.2, 0.25) is 0 Å². The second kappa shape index (κ2) is 8.26. The van der Waals surface area contributed by atoms with Crippen LogP contribution in [0.3, 0.4) is 0 Å². The number of carbonyl (C=O) groups is 2. The zero-order chi connectivity index (χ0) is 21.3. The highest BCUT2D eigenvalue weighted by Crippen LogP contribution is 2.30. The van der Waals surface area contributed by atoms with Gasteiger partial charge in [0.25, 0.3) is 5.91 Å². The average Bonchev–Trinajstić information content (AvgIpc) is 3.40. The lowest BCUT2D eigenvalue weighted by Crippen LogP contribution is -2.36. The fourth-order valence-corrected chi connectivity index (χ4v) is 4.02. The number of hydrogen-bond donors (Lipinski definition) is 1. The standard InChI is InChI=1S/C23H24FN3O3/c1-3-25-21(28)16-8-10-18(12-16)27(2)23(29)15-6-4-14(5-7-15)22-26-19-13-17(24)9-11-20(19)30-22/h4-7,9,11,13,16,18H,3,8,10,12H2,1-2H3,(H,25,28)/t16-,18-/m1/s1. The minimum atomic E-state index is -0.368. The van der Waals surface area contributed by atoms with Crippen LogP contribution in [-0.4, -0.2) is 41.3 Å². The summed E-state index contributed by atoms with van der Waals surface area (Å²) in [4.78, 5) is 31.0. The third kappa shape index (κ3) is 3.92. The van der Waals surface area contributed by atoms with Gasteiger partial charge in [0, 0.05) is 42.7 Å². The van der Waals surface area contributed by atoms with E-state index in [2.05, 4.69) is 10.3 Å². The van der Waals surface area contributed by atoms with Crippen LogP contribution in [0.15, 0.2) is 46.9 Å². The van der Waals surface area contributed by atoms with Crippen molar-refractivity contribution in [3.05, 3.63) is 53.8 Å². The van der Waals surface area contributed by atoms with Crippen LogP contribution >= 0.6 is 0 Å². The molecule has 1 aliphatic rings. The minimum Gasteiger partial charge on any atom is -0.436 e. The van der Waals surface area contributed by atoms with Crippen molar-refractivity contribution in [1.29, 1.82) is 0 Å². The molecule has 30 heavy (non-hydrogen) atoms. The summed E-state index contributed by atoms with van der Waals surface area (Å²) in [6, 6.07) is 11.3. The van der Waals surface area contributed by atoms with E-state index in [1.165, 1.54) is 12.1 Å². The lowest BCUT2D eigenvalue weighted by Gasteiger charge is -2.25. The Hall–Kier alpha value is -3.22. The number of nitrogens with one attached hydrogen (secondary N) is 1. The summed E-state index contributed by atoms with van der Waals surface area (Å²) in [5, 5.41) is 2.86. The molecule has 0 saturated heterocycles. The molecular formula is C23H24FN3O3. The summed E-state index contributed by atoms with van der Waals surface area (Å²) in [5.41, 5.74) is 2.23. The predicted octanol–water partition coefficient (Wildman–Crippen LogP) is 4.01. The number of rotatable bonds is 5. The number of benzene rings is 2. The van der Waals surface area contributed by atoms with Crippen LogP contribution in [0, 0.1) is 11.7 Å². The average molecular weight is 409 g/mol. The highest BCUT2D eigenvalue weighted by Gasteiger charge is 2.33. The smallest absolute Gasteiger partial charge is 0.253 e. The Morgan fingerprint density at radius 2 is 1.97 bits per heavy atom. The molecule has 2 atom stereocenters. The van der Waals surface area contributed by atoms with Gasteiger partial charge in [0.15, 0.2) is 5.58 Å². The first-order valence-electron chi connectivity index (χ1n) is 10.2. The van der Waals surface area contributed by atoms with E-state index < -0.39 is 0 Å². The zero-order valence-corrected chi connectivity index (χ0v) is 17.0. The van der Waals surface area contributed by atoms with Gasteiger partial charge in [-0.2, -0.15) is 0 Å². The lowest BCUT2D eigenvalue weighted by molar-refractivity contribution is -0.124. The first-order chi connectivity index (χ1) is 14.5. The second-order valence-corrected chi connectivity index (χ2v) is 7.68. The normalized spacial score (nSPS) is 18.5. The molecule has 6 nitrogen and oxygen atoms in total. The molecule has 2 amide bonds. The van der Waals surface area contributed by atoms with E-state index in [0.717, 1.165) is 12.8 Å². The molecule has 0 aliphatic heterocycles. The molecule has 0 bridgehead atoms.